The van der Waals surface area contributed by atoms with Crippen molar-refractivity contribution >= 4 is 27.5 Å². The number of hydrogen-bond donors (Lipinski definition) is 1. The standard InChI is InChI=1S/C7H8O3S.Al/c1-6-4-2-3-5-7(6)11(8,9)10;/h2-5H,1H3,(H,8,9,10);. The van der Waals surface area contributed by atoms with Gasteiger partial charge in [-0.15, -0.1) is 0 Å². The molecule has 1 aromatic rings. The highest BCUT2D eigenvalue weighted by atomic mass is 32.2. The van der Waals surface area contributed by atoms with E-state index in [1.165, 1.54) is 6.07 Å². The second-order valence-corrected chi connectivity index (χ2v) is 3.63. The minimum atomic E-state index is -4.03. The fraction of sp³-hybridized carbons (Fsp3) is 0.143. The van der Waals surface area contributed by atoms with E-state index in [2.05, 4.69) is 0 Å². The van der Waals surface area contributed by atoms with Gasteiger partial charge in [-0.3, -0.25) is 4.55 Å². The van der Waals surface area contributed by atoms with Gasteiger partial charge in [0, 0.05) is 17.4 Å². The molecule has 3 nitrogen and oxygen atoms in total. The molecular weight excluding hydrogens is 191 g/mol. The van der Waals surface area contributed by atoms with Crippen LogP contribution in [0.25, 0.3) is 0 Å². The van der Waals surface area contributed by atoms with Gasteiger partial charge in [0.1, 0.15) is 0 Å². The highest BCUT2D eigenvalue weighted by molar-refractivity contribution is 7.85. The van der Waals surface area contributed by atoms with Gasteiger partial charge in [0.2, 0.25) is 0 Å². The molecule has 5 heteroatoms. The van der Waals surface area contributed by atoms with Crippen molar-refractivity contribution in [2.45, 2.75) is 11.8 Å². The third kappa shape index (κ3) is 2.61. The van der Waals surface area contributed by atoms with E-state index in [0.717, 1.165) is 0 Å². The summed E-state index contributed by atoms with van der Waals surface area (Å²) in [5.74, 6) is 0. The Labute approximate surface area is 82.3 Å². The molecule has 12 heavy (non-hydrogen) atoms. The Morgan fingerprint density at radius 3 is 2.08 bits per heavy atom. The van der Waals surface area contributed by atoms with Crippen LogP contribution >= 0.6 is 0 Å². The lowest BCUT2D eigenvalue weighted by Crippen LogP contribution is -1.99. The Hall–Kier alpha value is -0.338. The number of aryl methyl sites for hydroxylation is 1. The fourth-order valence-corrected chi connectivity index (χ4v) is 1.57. The molecule has 0 fully saturated rings. The van der Waals surface area contributed by atoms with Gasteiger partial charge in [-0.1, -0.05) is 18.2 Å². The highest BCUT2D eigenvalue weighted by Gasteiger charge is 2.10. The van der Waals surface area contributed by atoms with Gasteiger partial charge < -0.3 is 0 Å². The topological polar surface area (TPSA) is 54.4 Å². The van der Waals surface area contributed by atoms with Crippen LogP contribution in [0.3, 0.4) is 0 Å². The number of hydrogen-bond acceptors (Lipinski definition) is 2. The van der Waals surface area contributed by atoms with E-state index in [9.17, 15) is 8.42 Å². The summed E-state index contributed by atoms with van der Waals surface area (Å²) in [5, 5.41) is 0. The van der Waals surface area contributed by atoms with Crippen LogP contribution in [0.2, 0.25) is 0 Å². The number of rotatable bonds is 1. The average molecular weight is 199 g/mol. The Morgan fingerprint density at radius 1 is 1.25 bits per heavy atom. The van der Waals surface area contributed by atoms with Crippen LogP contribution in [0.1, 0.15) is 5.56 Å². The maximum absolute atomic E-state index is 10.6. The van der Waals surface area contributed by atoms with Crippen LogP contribution < -0.4 is 0 Å². The molecule has 63 valence electrons. The molecule has 0 aliphatic heterocycles. The van der Waals surface area contributed by atoms with Crippen molar-refractivity contribution in [3.63, 3.8) is 0 Å². The quantitative estimate of drug-likeness (QED) is 0.539. The van der Waals surface area contributed by atoms with Crippen LogP contribution in [-0.4, -0.2) is 30.3 Å². The lowest BCUT2D eigenvalue weighted by Gasteiger charge is -1.99. The van der Waals surface area contributed by atoms with Gasteiger partial charge in [0.25, 0.3) is 10.1 Å². The van der Waals surface area contributed by atoms with Gasteiger partial charge in [-0.2, -0.15) is 8.42 Å². The molecule has 1 aromatic carbocycles. The van der Waals surface area contributed by atoms with Crippen molar-refractivity contribution in [2.75, 3.05) is 0 Å². The first-order chi connectivity index (χ1) is 5.02. The molecule has 0 atom stereocenters. The predicted molar refractivity (Wildman–Crippen MR) is 46.7 cm³/mol. The summed E-state index contributed by atoms with van der Waals surface area (Å²) in [5.41, 5.74) is 0.551. The molecule has 0 bridgehead atoms. The highest BCUT2D eigenvalue weighted by Crippen LogP contribution is 2.12. The first-order valence-corrected chi connectivity index (χ1v) is 4.49. The predicted octanol–water partition coefficient (Wildman–Crippen LogP) is 0.861. The maximum atomic E-state index is 10.6. The minimum absolute atomic E-state index is 0. The zero-order valence-corrected chi connectivity index (χ0v) is 8.53. The molecule has 0 aliphatic carbocycles. The van der Waals surface area contributed by atoms with E-state index in [1.54, 1.807) is 25.1 Å². The Morgan fingerprint density at radius 2 is 1.75 bits per heavy atom. The van der Waals surface area contributed by atoms with Gasteiger partial charge in [0.05, 0.1) is 4.90 Å². The molecule has 0 aromatic heterocycles. The summed E-state index contributed by atoms with van der Waals surface area (Å²) < 4.78 is 29.9. The summed E-state index contributed by atoms with van der Waals surface area (Å²) in [6.07, 6.45) is 0. The van der Waals surface area contributed by atoms with Crippen molar-refractivity contribution in [3.05, 3.63) is 29.8 Å². The van der Waals surface area contributed by atoms with Crippen LogP contribution in [0, 0.1) is 6.92 Å². The molecule has 0 amide bonds. The van der Waals surface area contributed by atoms with Crippen LogP contribution in [0.15, 0.2) is 29.2 Å². The summed E-state index contributed by atoms with van der Waals surface area (Å²) in [6, 6.07) is 6.27. The van der Waals surface area contributed by atoms with Crippen molar-refractivity contribution in [1.29, 1.82) is 0 Å². The number of benzene rings is 1. The van der Waals surface area contributed by atoms with Crippen molar-refractivity contribution in [1.82, 2.24) is 0 Å². The summed E-state index contributed by atoms with van der Waals surface area (Å²) >= 11 is 0. The van der Waals surface area contributed by atoms with Crippen LogP contribution in [-0.2, 0) is 10.1 Å². The summed E-state index contributed by atoms with van der Waals surface area (Å²) in [7, 11) is -4.03. The van der Waals surface area contributed by atoms with Gasteiger partial charge >= 0.3 is 0 Å². The molecule has 0 heterocycles. The van der Waals surface area contributed by atoms with Gasteiger partial charge in [-0.25, -0.2) is 0 Å². The van der Waals surface area contributed by atoms with E-state index >= 15 is 0 Å². The first-order valence-electron chi connectivity index (χ1n) is 3.05. The van der Waals surface area contributed by atoms with E-state index in [0.29, 0.717) is 5.56 Å². The van der Waals surface area contributed by atoms with Crippen molar-refractivity contribution < 1.29 is 13.0 Å². The second kappa shape index (κ2) is 4.06. The smallest absolute Gasteiger partial charge is 0.282 e. The molecule has 0 spiro atoms. The molecule has 1 rings (SSSR count). The van der Waals surface area contributed by atoms with Gasteiger partial charge in [0.15, 0.2) is 0 Å². The summed E-state index contributed by atoms with van der Waals surface area (Å²) in [4.78, 5) is -0.0278. The van der Waals surface area contributed by atoms with E-state index in [1.807, 2.05) is 0 Å². The van der Waals surface area contributed by atoms with Crippen LogP contribution in [0.4, 0.5) is 0 Å². The molecule has 0 saturated heterocycles. The Balaban J connectivity index is 0.00000121. The average Bonchev–Trinajstić information content (AvgIpc) is 1.86. The Bertz CT molecular complexity index is 359. The second-order valence-electron chi connectivity index (χ2n) is 2.24. The molecule has 0 saturated carbocycles. The largest absolute Gasteiger partial charge is 0.294 e. The lowest BCUT2D eigenvalue weighted by molar-refractivity contribution is 0.482. The van der Waals surface area contributed by atoms with E-state index in [-0.39, 0.29) is 22.3 Å². The van der Waals surface area contributed by atoms with E-state index < -0.39 is 10.1 Å². The van der Waals surface area contributed by atoms with E-state index in [4.69, 9.17) is 4.55 Å². The molecule has 3 radical (unpaired) electrons. The first kappa shape index (κ1) is 11.7. The third-order valence-electron chi connectivity index (χ3n) is 1.37. The van der Waals surface area contributed by atoms with Crippen molar-refractivity contribution in [2.24, 2.45) is 0 Å². The molecule has 0 unspecified atom stereocenters. The zero-order valence-electron chi connectivity index (χ0n) is 6.56. The fourth-order valence-electron chi connectivity index (χ4n) is 0.846. The van der Waals surface area contributed by atoms with Crippen LogP contribution in [0.5, 0.6) is 0 Å². The maximum Gasteiger partial charge on any atom is 0.294 e. The lowest BCUT2D eigenvalue weighted by atomic mass is 10.2. The third-order valence-corrected chi connectivity index (χ3v) is 2.39. The zero-order chi connectivity index (χ0) is 8.48. The molecular formula is C7H8AlO3S. The normalized spacial score (nSPS) is 10.5. The Kier molecular flexibility index (Phi) is 3.94. The van der Waals surface area contributed by atoms with Gasteiger partial charge in [-0.05, 0) is 18.6 Å². The monoisotopic (exact) mass is 199 g/mol. The minimum Gasteiger partial charge on any atom is -0.282 e. The summed E-state index contributed by atoms with van der Waals surface area (Å²) in [6.45, 7) is 1.63. The SMILES string of the molecule is Cc1ccccc1S(=O)(=O)O.[Al]. The molecule has 1 N–H and O–H groups in total. The molecule has 0 aliphatic rings. The van der Waals surface area contributed by atoms with Crippen molar-refractivity contribution in [3.8, 4) is 0 Å².